The molecule has 2 N–H and O–H groups in total. The lowest BCUT2D eigenvalue weighted by atomic mass is 9.68. The molecule has 0 bridgehead atoms. The van der Waals surface area contributed by atoms with Crippen LogP contribution in [-0.2, 0) is 4.79 Å². The monoisotopic (exact) mass is 591 g/mol. The number of hydrogen-bond donors (Lipinski definition) is 2. The van der Waals surface area contributed by atoms with Crippen molar-refractivity contribution in [2.75, 3.05) is 31.1 Å². The lowest BCUT2D eigenvalue weighted by Crippen LogP contribution is -2.54. The van der Waals surface area contributed by atoms with Crippen LogP contribution in [0, 0.1) is 22.2 Å². The molecule has 1 amide bonds. The fourth-order valence-corrected chi connectivity index (χ4v) is 7.20. The zero-order chi connectivity index (χ0) is 30.5. The summed E-state index contributed by atoms with van der Waals surface area (Å²) in [5.74, 6) is 1.03. The Morgan fingerprint density at radius 1 is 1.02 bits per heavy atom. The van der Waals surface area contributed by atoms with Crippen molar-refractivity contribution in [3.63, 3.8) is 0 Å². The van der Waals surface area contributed by atoms with Crippen LogP contribution >= 0.6 is 0 Å². The average molecular weight is 592 g/mol. The predicted octanol–water partition coefficient (Wildman–Crippen LogP) is 4.97. The van der Waals surface area contributed by atoms with Gasteiger partial charge in [0, 0.05) is 78.5 Å². The van der Waals surface area contributed by atoms with E-state index in [1.165, 1.54) is 12.8 Å². The van der Waals surface area contributed by atoms with Gasteiger partial charge in [-0.3, -0.25) is 9.48 Å². The van der Waals surface area contributed by atoms with Crippen LogP contribution in [0.4, 0.5) is 5.82 Å². The van der Waals surface area contributed by atoms with E-state index in [-0.39, 0.29) is 17.4 Å². The van der Waals surface area contributed by atoms with Crippen molar-refractivity contribution in [2.24, 2.45) is 10.8 Å². The number of pyridine rings is 2. The Bertz CT molecular complexity index is 1710. The molecule has 1 aliphatic carbocycles. The highest BCUT2D eigenvalue weighted by molar-refractivity contribution is 5.87. The Kier molecular flexibility index (Phi) is 7.16. The summed E-state index contributed by atoms with van der Waals surface area (Å²) in [6.45, 7) is 9.94. The molecule has 228 valence electrons. The molecule has 0 unspecified atom stereocenters. The summed E-state index contributed by atoms with van der Waals surface area (Å²) in [6, 6.07) is 9.13. The van der Waals surface area contributed by atoms with E-state index < -0.39 is 0 Å². The predicted molar refractivity (Wildman–Crippen MR) is 170 cm³/mol. The summed E-state index contributed by atoms with van der Waals surface area (Å²) in [6.07, 6.45) is 16.0. The van der Waals surface area contributed by atoms with Gasteiger partial charge in [0.15, 0.2) is 0 Å². The molecule has 44 heavy (non-hydrogen) atoms. The lowest BCUT2D eigenvalue weighted by molar-refractivity contribution is -0.131. The summed E-state index contributed by atoms with van der Waals surface area (Å²) in [7, 11) is 0. The van der Waals surface area contributed by atoms with Gasteiger partial charge < -0.3 is 15.5 Å². The molecule has 10 nitrogen and oxygen atoms in total. The number of nitriles is 1. The number of carbonyl (C=O) groups is 1. The largest absolute Gasteiger partial charge is 0.357 e. The molecule has 7 rings (SSSR count). The molecule has 2 saturated heterocycles. The number of piperidine rings is 1. The van der Waals surface area contributed by atoms with Crippen molar-refractivity contribution < 1.29 is 4.79 Å². The van der Waals surface area contributed by atoms with Crippen LogP contribution in [0.25, 0.3) is 27.8 Å². The van der Waals surface area contributed by atoms with Gasteiger partial charge in [0.2, 0.25) is 5.91 Å². The summed E-state index contributed by atoms with van der Waals surface area (Å²) in [5.41, 5.74) is 5.34. The Morgan fingerprint density at radius 3 is 2.43 bits per heavy atom. The number of fused-ring (bicyclic) bond motifs is 1. The van der Waals surface area contributed by atoms with E-state index in [9.17, 15) is 10.1 Å². The molecule has 0 atom stereocenters. The first-order chi connectivity index (χ1) is 21.3. The number of rotatable bonds is 6. The number of carbonyl (C=O) groups excluding carboxylic acids is 1. The molecule has 4 aromatic rings. The first-order valence-electron chi connectivity index (χ1n) is 15.9. The van der Waals surface area contributed by atoms with E-state index >= 15 is 0 Å². The Morgan fingerprint density at radius 2 is 1.80 bits per heavy atom. The third-order valence-corrected chi connectivity index (χ3v) is 10.3. The van der Waals surface area contributed by atoms with E-state index in [0.717, 1.165) is 85.5 Å². The first-order valence-corrected chi connectivity index (χ1v) is 15.9. The fourth-order valence-electron chi connectivity index (χ4n) is 7.20. The standard InChI is InChI=1S/C34H41N9O/c1-23(2)40-32(44)33(3)10-12-41(13-11-33)30-5-4-24(16-37-30)29-14-25(19-43-31(29)26(15-35)17-39-43)27-18-38-42(20-27)28-6-8-34(9-7-28)21-36-22-34/h4-5,14,16-20,23,28,36H,6-13,21-22H2,1-3H3,(H,40,44). The average Bonchev–Trinajstić information content (AvgIpc) is 3.68. The molecule has 3 fully saturated rings. The molecule has 2 aliphatic heterocycles. The summed E-state index contributed by atoms with van der Waals surface area (Å²) in [5, 5.41) is 25.7. The van der Waals surface area contributed by atoms with E-state index in [4.69, 9.17) is 10.1 Å². The quantitative estimate of drug-likeness (QED) is 0.325. The van der Waals surface area contributed by atoms with Crippen molar-refractivity contribution in [1.82, 2.24) is 35.0 Å². The van der Waals surface area contributed by atoms with Crippen LogP contribution in [-0.4, -0.2) is 62.5 Å². The van der Waals surface area contributed by atoms with Crippen molar-refractivity contribution >= 4 is 17.2 Å². The fraction of sp³-hybridized carbons (Fsp3) is 0.500. The highest BCUT2D eigenvalue weighted by Gasteiger charge is 2.40. The minimum atomic E-state index is -0.358. The molecule has 1 spiro atoms. The number of anilines is 1. The SMILES string of the molecule is CC(C)NC(=O)C1(C)CCN(c2ccc(-c3cc(-c4cnn(C5CCC6(CC5)CNC6)c4)cn4ncc(C#N)c34)cn2)CC1. The highest BCUT2D eigenvalue weighted by Crippen LogP contribution is 2.43. The molecule has 0 radical (unpaired) electrons. The zero-order valence-electron chi connectivity index (χ0n) is 25.9. The van der Waals surface area contributed by atoms with E-state index in [2.05, 4.69) is 56.6 Å². The topological polar surface area (TPSA) is 116 Å². The zero-order valence-corrected chi connectivity index (χ0v) is 25.9. The van der Waals surface area contributed by atoms with Crippen LogP contribution in [0.5, 0.6) is 0 Å². The van der Waals surface area contributed by atoms with Gasteiger partial charge in [-0.15, -0.1) is 0 Å². The number of amides is 1. The summed E-state index contributed by atoms with van der Waals surface area (Å²) < 4.78 is 3.95. The Hall–Kier alpha value is -4.23. The van der Waals surface area contributed by atoms with Crippen LogP contribution in [0.15, 0.2) is 49.2 Å². The van der Waals surface area contributed by atoms with E-state index in [0.29, 0.717) is 17.0 Å². The molecule has 1 saturated carbocycles. The smallest absolute Gasteiger partial charge is 0.226 e. The molecular formula is C34H41N9O. The van der Waals surface area contributed by atoms with Gasteiger partial charge in [-0.25, -0.2) is 9.50 Å². The number of nitrogens with zero attached hydrogens (tertiary/aromatic N) is 7. The van der Waals surface area contributed by atoms with E-state index in [1.54, 1.807) is 10.7 Å². The maximum absolute atomic E-state index is 12.8. The Labute approximate surface area is 258 Å². The molecule has 4 aromatic heterocycles. The second-order valence-corrected chi connectivity index (χ2v) is 13.7. The van der Waals surface area contributed by atoms with Crippen LogP contribution in [0.3, 0.4) is 0 Å². The number of nitrogens with one attached hydrogen (secondary N) is 2. The maximum Gasteiger partial charge on any atom is 0.226 e. The highest BCUT2D eigenvalue weighted by atomic mass is 16.2. The second-order valence-electron chi connectivity index (χ2n) is 13.7. The van der Waals surface area contributed by atoms with Gasteiger partial charge in [0.25, 0.3) is 0 Å². The van der Waals surface area contributed by atoms with Gasteiger partial charge in [-0.05, 0) is 76.0 Å². The van der Waals surface area contributed by atoms with Gasteiger partial charge in [-0.2, -0.15) is 15.5 Å². The van der Waals surface area contributed by atoms with Gasteiger partial charge in [-0.1, -0.05) is 6.92 Å². The van der Waals surface area contributed by atoms with Gasteiger partial charge in [0.05, 0.1) is 29.5 Å². The molecular weight excluding hydrogens is 550 g/mol. The molecule has 3 aliphatic rings. The lowest BCUT2D eigenvalue weighted by Gasteiger charge is -2.47. The van der Waals surface area contributed by atoms with Crippen LogP contribution in [0.1, 0.15) is 70.9 Å². The number of hydrogen-bond acceptors (Lipinski definition) is 7. The van der Waals surface area contributed by atoms with Crippen molar-refractivity contribution in [3.05, 3.63) is 54.7 Å². The third-order valence-electron chi connectivity index (χ3n) is 10.3. The minimum Gasteiger partial charge on any atom is -0.357 e. The Balaban J connectivity index is 1.13. The van der Waals surface area contributed by atoms with E-state index in [1.807, 2.05) is 38.5 Å². The minimum absolute atomic E-state index is 0.136. The maximum atomic E-state index is 12.8. The van der Waals surface area contributed by atoms with Crippen molar-refractivity contribution in [2.45, 2.75) is 71.4 Å². The molecule has 10 heteroatoms. The van der Waals surface area contributed by atoms with Crippen LogP contribution < -0.4 is 15.5 Å². The van der Waals surface area contributed by atoms with Crippen molar-refractivity contribution in [3.8, 4) is 28.3 Å². The first kappa shape index (κ1) is 28.5. The molecule has 6 heterocycles. The van der Waals surface area contributed by atoms with Gasteiger partial charge in [0.1, 0.15) is 11.9 Å². The number of aromatic nitrogens is 5. The van der Waals surface area contributed by atoms with Crippen molar-refractivity contribution in [1.29, 1.82) is 5.26 Å². The normalized spacial score (nSPS) is 19.7. The van der Waals surface area contributed by atoms with Gasteiger partial charge >= 0.3 is 0 Å². The third kappa shape index (κ3) is 5.13. The van der Waals surface area contributed by atoms with Crippen LogP contribution in [0.2, 0.25) is 0 Å². The summed E-state index contributed by atoms with van der Waals surface area (Å²) in [4.78, 5) is 19.9. The second kappa shape index (κ2) is 11.0. The summed E-state index contributed by atoms with van der Waals surface area (Å²) >= 11 is 0. The molecule has 0 aromatic carbocycles.